The van der Waals surface area contributed by atoms with Crippen molar-refractivity contribution < 1.29 is 14.3 Å². The number of carbonyl (C=O) groups excluding carboxylic acids is 2. The molecule has 2 aromatic rings. The zero-order valence-corrected chi connectivity index (χ0v) is 19.5. The standard InChI is InChI=1S/C26H32N4O3/c1-18(2)20-6-8-21(9-7-20)23-16-24-26(32)29(14-15-30(24)28-23)13-12-25(31)27-17-19-4-10-22(33-3)11-5-19/h4-11,14-15,18,23-24,28H,12-13,16-17H2,1-3H3,(H,27,31). The van der Waals surface area contributed by atoms with Crippen LogP contribution in [0.2, 0.25) is 0 Å². The van der Waals surface area contributed by atoms with Crippen molar-refractivity contribution in [1.29, 1.82) is 0 Å². The zero-order valence-electron chi connectivity index (χ0n) is 19.5. The lowest BCUT2D eigenvalue weighted by Crippen LogP contribution is -2.48. The maximum atomic E-state index is 13.0. The number of hydrogen-bond donors (Lipinski definition) is 2. The minimum absolute atomic E-state index is 0.0225. The summed E-state index contributed by atoms with van der Waals surface area (Å²) in [4.78, 5) is 27.0. The van der Waals surface area contributed by atoms with Crippen molar-refractivity contribution in [2.75, 3.05) is 13.7 Å². The number of nitrogens with one attached hydrogen (secondary N) is 2. The van der Waals surface area contributed by atoms with Crippen molar-refractivity contribution in [3.05, 3.63) is 77.6 Å². The fraction of sp³-hybridized carbons (Fsp3) is 0.385. The molecule has 2 atom stereocenters. The molecule has 1 saturated heterocycles. The molecule has 0 spiro atoms. The van der Waals surface area contributed by atoms with Crippen molar-refractivity contribution in [3.63, 3.8) is 0 Å². The van der Waals surface area contributed by atoms with E-state index in [0.717, 1.165) is 11.3 Å². The minimum Gasteiger partial charge on any atom is -0.497 e. The highest BCUT2D eigenvalue weighted by atomic mass is 16.5. The molecule has 7 nitrogen and oxygen atoms in total. The number of hydrogen-bond acceptors (Lipinski definition) is 5. The number of carbonyl (C=O) groups is 2. The molecule has 33 heavy (non-hydrogen) atoms. The number of nitrogens with zero attached hydrogens (tertiary/aromatic N) is 2. The zero-order chi connectivity index (χ0) is 23.4. The van der Waals surface area contributed by atoms with Gasteiger partial charge in [0.05, 0.1) is 13.2 Å². The Balaban J connectivity index is 1.27. The first kappa shape index (κ1) is 22.9. The van der Waals surface area contributed by atoms with Crippen molar-refractivity contribution in [2.24, 2.45) is 0 Å². The molecule has 2 unspecified atom stereocenters. The Kier molecular flexibility index (Phi) is 6.99. The molecule has 0 saturated carbocycles. The molecule has 2 heterocycles. The number of rotatable bonds is 8. The second-order valence-corrected chi connectivity index (χ2v) is 8.87. The lowest BCUT2D eigenvalue weighted by atomic mass is 9.97. The van der Waals surface area contributed by atoms with Gasteiger partial charge in [0.25, 0.3) is 5.91 Å². The van der Waals surface area contributed by atoms with E-state index in [1.165, 1.54) is 11.1 Å². The van der Waals surface area contributed by atoms with Gasteiger partial charge in [0.2, 0.25) is 5.91 Å². The predicted molar refractivity (Wildman–Crippen MR) is 127 cm³/mol. The minimum atomic E-state index is -0.257. The van der Waals surface area contributed by atoms with Crippen LogP contribution in [0, 0.1) is 0 Å². The van der Waals surface area contributed by atoms with Crippen LogP contribution in [-0.4, -0.2) is 41.4 Å². The van der Waals surface area contributed by atoms with Gasteiger partial charge in [-0.15, -0.1) is 0 Å². The number of ether oxygens (including phenoxy) is 1. The lowest BCUT2D eigenvalue weighted by molar-refractivity contribution is -0.134. The van der Waals surface area contributed by atoms with Crippen molar-refractivity contribution in [2.45, 2.75) is 51.2 Å². The Labute approximate surface area is 195 Å². The Hall–Kier alpha value is -3.32. The van der Waals surface area contributed by atoms with Gasteiger partial charge in [-0.2, -0.15) is 0 Å². The van der Waals surface area contributed by atoms with Crippen molar-refractivity contribution in [1.82, 2.24) is 20.7 Å². The summed E-state index contributed by atoms with van der Waals surface area (Å²) in [5, 5.41) is 4.81. The quantitative estimate of drug-likeness (QED) is 0.647. The van der Waals surface area contributed by atoms with E-state index in [-0.39, 0.29) is 30.3 Å². The molecule has 2 aromatic carbocycles. The molecule has 4 rings (SSSR count). The number of benzene rings is 2. The highest BCUT2D eigenvalue weighted by Gasteiger charge is 2.39. The van der Waals surface area contributed by atoms with Crippen LogP contribution in [0.4, 0.5) is 0 Å². The molecule has 2 aliphatic rings. The summed E-state index contributed by atoms with van der Waals surface area (Å²) >= 11 is 0. The van der Waals surface area contributed by atoms with E-state index in [1.54, 1.807) is 18.2 Å². The maximum absolute atomic E-state index is 13.0. The normalized spacial score (nSPS) is 19.7. The summed E-state index contributed by atoms with van der Waals surface area (Å²) in [7, 11) is 1.62. The van der Waals surface area contributed by atoms with Gasteiger partial charge >= 0.3 is 0 Å². The Morgan fingerprint density at radius 2 is 1.85 bits per heavy atom. The number of methoxy groups -OCH3 is 1. The van der Waals surface area contributed by atoms with Crippen molar-refractivity contribution in [3.8, 4) is 5.75 Å². The van der Waals surface area contributed by atoms with Gasteiger partial charge in [0, 0.05) is 31.9 Å². The number of amides is 2. The van der Waals surface area contributed by atoms with Crippen LogP contribution in [0.15, 0.2) is 60.9 Å². The third kappa shape index (κ3) is 5.37. The SMILES string of the molecule is COc1ccc(CNC(=O)CCN2C=CN3NC(c4ccc(C(C)C)cc4)CC3C2=O)cc1. The van der Waals surface area contributed by atoms with E-state index >= 15 is 0 Å². The number of hydrazine groups is 1. The summed E-state index contributed by atoms with van der Waals surface area (Å²) in [6, 6.07) is 16.0. The summed E-state index contributed by atoms with van der Waals surface area (Å²) in [5.74, 6) is 1.22. The summed E-state index contributed by atoms with van der Waals surface area (Å²) < 4.78 is 5.15. The molecule has 2 N–H and O–H groups in total. The van der Waals surface area contributed by atoms with Gasteiger partial charge < -0.3 is 20.0 Å². The smallest absolute Gasteiger partial charge is 0.250 e. The average Bonchev–Trinajstić information content (AvgIpc) is 3.28. The first-order valence-electron chi connectivity index (χ1n) is 11.5. The Morgan fingerprint density at radius 1 is 1.12 bits per heavy atom. The largest absolute Gasteiger partial charge is 0.497 e. The second-order valence-electron chi connectivity index (χ2n) is 8.87. The lowest BCUT2D eigenvalue weighted by Gasteiger charge is -2.31. The molecule has 0 bridgehead atoms. The highest BCUT2D eigenvalue weighted by Crippen LogP contribution is 2.31. The molecule has 0 aromatic heterocycles. The van der Waals surface area contributed by atoms with Gasteiger partial charge in [-0.3, -0.25) is 9.59 Å². The average molecular weight is 449 g/mol. The first-order chi connectivity index (χ1) is 15.9. The van der Waals surface area contributed by atoms with Crippen LogP contribution in [0.5, 0.6) is 5.75 Å². The van der Waals surface area contributed by atoms with E-state index in [1.807, 2.05) is 35.5 Å². The fourth-order valence-corrected chi connectivity index (χ4v) is 4.21. The van der Waals surface area contributed by atoms with E-state index in [9.17, 15) is 9.59 Å². The van der Waals surface area contributed by atoms with Crippen LogP contribution in [-0.2, 0) is 16.1 Å². The van der Waals surface area contributed by atoms with Crippen LogP contribution >= 0.6 is 0 Å². The Bertz CT molecular complexity index is 1000. The highest BCUT2D eigenvalue weighted by molar-refractivity contribution is 5.85. The molecule has 2 aliphatic heterocycles. The fourth-order valence-electron chi connectivity index (χ4n) is 4.21. The van der Waals surface area contributed by atoms with E-state index in [0.29, 0.717) is 25.4 Å². The van der Waals surface area contributed by atoms with E-state index in [2.05, 4.69) is 48.9 Å². The molecule has 0 radical (unpaired) electrons. The molecule has 7 heteroatoms. The van der Waals surface area contributed by atoms with E-state index in [4.69, 9.17) is 4.74 Å². The summed E-state index contributed by atoms with van der Waals surface area (Å²) in [5.41, 5.74) is 6.92. The molecule has 1 fully saturated rings. The molecule has 174 valence electrons. The van der Waals surface area contributed by atoms with Crippen LogP contribution in [0.3, 0.4) is 0 Å². The van der Waals surface area contributed by atoms with Gasteiger partial charge in [-0.1, -0.05) is 50.2 Å². The molecule has 0 aliphatic carbocycles. The van der Waals surface area contributed by atoms with Crippen LogP contribution in [0.25, 0.3) is 0 Å². The maximum Gasteiger partial charge on any atom is 0.250 e. The predicted octanol–water partition coefficient (Wildman–Crippen LogP) is 3.46. The van der Waals surface area contributed by atoms with Gasteiger partial charge in [0.1, 0.15) is 11.8 Å². The monoisotopic (exact) mass is 448 g/mol. The van der Waals surface area contributed by atoms with Gasteiger partial charge in [-0.25, -0.2) is 5.43 Å². The van der Waals surface area contributed by atoms with Crippen LogP contribution < -0.4 is 15.5 Å². The Morgan fingerprint density at radius 3 is 2.52 bits per heavy atom. The van der Waals surface area contributed by atoms with Crippen LogP contribution in [0.1, 0.15) is 55.3 Å². The first-order valence-corrected chi connectivity index (χ1v) is 11.5. The third-order valence-electron chi connectivity index (χ3n) is 6.31. The van der Waals surface area contributed by atoms with Gasteiger partial charge in [0.15, 0.2) is 0 Å². The second kappa shape index (κ2) is 10.1. The summed E-state index contributed by atoms with van der Waals surface area (Å²) in [6.07, 6.45) is 4.60. The molecule has 2 amide bonds. The van der Waals surface area contributed by atoms with Crippen molar-refractivity contribution >= 4 is 11.8 Å². The number of fused-ring (bicyclic) bond motifs is 1. The van der Waals surface area contributed by atoms with E-state index < -0.39 is 0 Å². The van der Waals surface area contributed by atoms with Gasteiger partial charge in [-0.05, 0) is 41.2 Å². The molecular formula is C26H32N4O3. The summed E-state index contributed by atoms with van der Waals surface area (Å²) in [6.45, 7) is 5.17. The molecular weight excluding hydrogens is 416 g/mol. The third-order valence-corrected chi connectivity index (χ3v) is 6.31. The topological polar surface area (TPSA) is 73.9 Å².